The van der Waals surface area contributed by atoms with Crippen molar-refractivity contribution in [3.63, 3.8) is 0 Å². The van der Waals surface area contributed by atoms with Crippen molar-refractivity contribution < 1.29 is 44.2 Å². The smallest absolute Gasteiger partial charge is 0.306 e. The van der Waals surface area contributed by atoms with Crippen LogP contribution in [-0.2, 0) is 23.7 Å². The first-order valence-corrected chi connectivity index (χ1v) is 27.1. The molecule has 1 aliphatic rings. The molecule has 0 amide bonds. The Kier molecular flexibility index (Phi) is 43.9. The summed E-state index contributed by atoms with van der Waals surface area (Å²) in [6, 6.07) is 0. The Morgan fingerprint density at radius 2 is 0.906 bits per heavy atom. The predicted molar refractivity (Wildman–Crippen MR) is 265 cm³/mol. The maximum Gasteiger partial charge on any atom is 0.306 e. The Morgan fingerprint density at radius 1 is 0.500 bits per heavy atom. The summed E-state index contributed by atoms with van der Waals surface area (Å²) in [4.78, 5) is 12.8. The van der Waals surface area contributed by atoms with E-state index in [4.69, 9.17) is 18.9 Å². The molecule has 0 aliphatic carbocycles. The normalized spacial score (nSPS) is 19.8. The van der Waals surface area contributed by atoms with Gasteiger partial charge < -0.3 is 39.4 Å². The summed E-state index contributed by atoms with van der Waals surface area (Å²) in [5.74, 6) is -0.324. The molecule has 64 heavy (non-hydrogen) atoms. The molecule has 6 atom stereocenters. The lowest BCUT2D eigenvalue weighted by Gasteiger charge is -2.39. The Morgan fingerprint density at radius 3 is 1.39 bits per heavy atom. The summed E-state index contributed by atoms with van der Waals surface area (Å²) < 4.78 is 22.9. The van der Waals surface area contributed by atoms with E-state index in [1.165, 1.54) is 167 Å². The molecule has 9 heteroatoms. The first-order chi connectivity index (χ1) is 31.4. The highest BCUT2D eigenvalue weighted by molar-refractivity contribution is 5.69. The van der Waals surface area contributed by atoms with Crippen LogP contribution in [0.2, 0.25) is 0 Å². The quantitative estimate of drug-likeness (QED) is 0.0267. The molecule has 376 valence electrons. The zero-order chi connectivity index (χ0) is 46.4. The van der Waals surface area contributed by atoms with Crippen molar-refractivity contribution in [1.82, 2.24) is 0 Å². The maximum atomic E-state index is 12.8. The molecular formula is C55H102O9. The molecule has 1 fully saturated rings. The molecule has 0 aromatic rings. The Labute approximate surface area is 393 Å². The fourth-order valence-electron chi connectivity index (χ4n) is 8.28. The average Bonchev–Trinajstić information content (AvgIpc) is 3.30. The first kappa shape index (κ1) is 60.4. The van der Waals surface area contributed by atoms with Crippen molar-refractivity contribution in [2.45, 2.75) is 282 Å². The lowest BCUT2D eigenvalue weighted by atomic mass is 9.99. The highest BCUT2D eigenvalue weighted by Gasteiger charge is 2.44. The lowest BCUT2D eigenvalue weighted by Crippen LogP contribution is -2.59. The molecule has 0 bridgehead atoms. The number of aliphatic hydroxyl groups excluding tert-OH is 4. The van der Waals surface area contributed by atoms with E-state index in [0.29, 0.717) is 13.0 Å². The van der Waals surface area contributed by atoms with Crippen LogP contribution in [0.15, 0.2) is 36.5 Å². The molecule has 0 aromatic heterocycles. The molecule has 0 aromatic carbocycles. The number of unbranched alkanes of at least 4 members (excludes halogenated alkanes) is 30. The largest absolute Gasteiger partial charge is 0.457 e. The molecule has 1 saturated heterocycles. The van der Waals surface area contributed by atoms with Crippen LogP contribution in [0.25, 0.3) is 0 Å². The van der Waals surface area contributed by atoms with Crippen LogP contribution >= 0.6 is 0 Å². The fourth-order valence-corrected chi connectivity index (χ4v) is 8.28. The SMILES string of the molecule is CCCCC/C=C\C/C=C\CCCCCCCC(=O)OC(COCCCCCCCCCCCCCCCC/C=C\CCCCCCCCCC)COC1OC(CO)C(O)C(O)C1O. The van der Waals surface area contributed by atoms with Crippen LogP contribution in [0.3, 0.4) is 0 Å². The summed E-state index contributed by atoms with van der Waals surface area (Å²) >= 11 is 0. The topological polar surface area (TPSA) is 135 Å². The van der Waals surface area contributed by atoms with Crippen molar-refractivity contribution >= 4 is 5.97 Å². The maximum absolute atomic E-state index is 12.8. The third-order valence-corrected chi connectivity index (χ3v) is 12.5. The van der Waals surface area contributed by atoms with Gasteiger partial charge in [0, 0.05) is 13.0 Å². The number of carbonyl (C=O) groups is 1. The molecule has 1 aliphatic heterocycles. The number of allylic oxidation sites excluding steroid dienone is 6. The van der Waals surface area contributed by atoms with E-state index in [1.807, 2.05) is 0 Å². The summed E-state index contributed by atoms with van der Waals surface area (Å²) in [6.45, 7) is 4.55. The number of aliphatic hydroxyl groups is 4. The standard InChI is InChI=1S/C55H102O9/c1-3-5-7-9-11-13-15-17-19-20-21-22-23-24-25-26-27-28-29-31-33-35-37-39-41-43-45-61-47-49(48-62-55-54(60)53(59)52(58)50(46-56)64-55)63-51(57)44-42-40-38-36-34-32-30-18-16-14-12-10-8-6-4-2/h12,14,18,20-21,30,49-50,52-56,58-60H,3-11,13,15-17,19,22-29,31-48H2,1-2H3/b14-12-,21-20-,30-18-. The number of carbonyl (C=O) groups excluding carboxylic acids is 1. The van der Waals surface area contributed by atoms with Gasteiger partial charge in [0.05, 0.1) is 19.8 Å². The van der Waals surface area contributed by atoms with Crippen LogP contribution in [0.1, 0.15) is 245 Å². The van der Waals surface area contributed by atoms with Crippen molar-refractivity contribution in [3.05, 3.63) is 36.5 Å². The summed E-state index contributed by atoms with van der Waals surface area (Å²) in [5, 5.41) is 40.2. The second-order valence-electron chi connectivity index (χ2n) is 18.7. The number of ether oxygens (including phenoxy) is 4. The van der Waals surface area contributed by atoms with Gasteiger partial charge in [-0.1, -0.05) is 204 Å². The van der Waals surface area contributed by atoms with Gasteiger partial charge in [-0.25, -0.2) is 0 Å². The molecule has 0 spiro atoms. The monoisotopic (exact) mass is 907 g/mol. The zero-order valence-corrected chi connectivity index (χ0v) is 41.5. The average molecular weight is 907 g/mol. The van der Waals surface area contributed by atoms with Gasteiger partial charge in [0.2, 0.25) is 0 Å². The lowest BCUT2D eigenvalue weighted by molar-refractivity contribution is -0.305. The highest BCUT2D eigenvalue weighted by atomic mass is 16.7. The molecule has 1 rings (SSSR count). The van der Waals surface area contributed by atoms with Gasteiger partial charge in [-0.05, 0) is 70.6 Å². The number of hydrogen-bond acceptors (Lipinski definition) is 9. The molecule has 4 N–H and O–H groups in total. The second-order valence-corrected chi connectivity index (χ2v) is 18.7. The summed E-state index contributed by atoms with van der Waals surface area (Å²) in [5.41, 5.74) is 0. The minimum absolute atomic E-state index is 0.117. The molecular weight excluding hydrogens is 805 g/mol. The summed E-state index contributed by atoms with van der Waals surface area (Å²) in [6.07, 6.45) is 50.5. The molecule has 0 radical (unpaired) electrons. The fraction of sp³-hybridized carbons (Fsp3) is 0.873. The molecule has 9 nitrogen and oxygen atoms in total. The van der Waals surface area contributed by atoms with E-state index < -0.39 is 43.4 Å². The van der Waals surface area contributed by atoms with Gasteiger partial charge in [-0.15, -0.1) is 0 Å². The molecule has 6 unspecified atom stereocenters. The Balaban J connectivity index is 2.14. The number of hydrogen-bond donors (Lipinski definition) is 4. The van der Waals surface area contributed by atoms with E-state index >= 15 is 0 Å². The Hall–Kier alpha value is -1.59. The summed E-state index contributed by atoms with van der Waals surface area (Å²) in [7, 11) is 0. The van der Waals surface area contributed by atoms with Crippen molar-refractivity contribution in [2.24, 2.45) is 0 Å². The number of rotatable bonds is 47. The van der Waals surface area contributed by atoms with Gasteiger partial charge in [0.15, 0.2) is 6.29 Å². The first-order valence-electron chi connectivity index (χ1n) is 27.1. The highest BCUT2D eigenvalue weighted by Crippen LogP contribution is 2.23. The van der Waals surface area contributed by atoms with Crippen molar-refractivity contribution in [2.75, 3.05) is 26.4 Å². The van der Waals surface area contributed by atoms with Crippen LogP contribution < -0.4 is 0 Å². The van der Waals surface area contributed by atoms with Crippen LogP contribution in [0.5, 0.6) is 0 Å². The third kappa shape index (κ3) is 36.5. The van der Waals surface area contributed by atoms with Crippen LogP contribution in [0.4, 0.5) is 0 Å². The van der Waals surface area contributed by atoms with E-state index in [0.717, 1.165) is 57.8 Å². The van der Waals surface area contributed by atoms with E-state index in [2.05, 4.69) is 50.3 Å². The predicted octanol–water partition coefficient (Wildman–Crippen LogP) is 13.5. The van der Waals surface area contributed by atoms with Crippen LogP contribution in [-0.4, -0.2) is 89.6 Å². The molecule has 0 saturated carbocycles. The zero-order valence-electron chi connectivity index (χ0n) is 41.5. The Bertz CT molecular complexity index is 1080. The van der Waals surface area contributed by atoms with Crippen LogP contribution in [0, 0.1) is 0 Å². The minimum atomic E-state index is -1.54. The van der Waals surface area contributed by atoms with Crippen molar-refractivity contribution in [1.29, 1.82) is 0 Å². The van der Waals surface area contributed by atoms with E-state index in [9.17, 15) is 25.2 Å². The minimum Gasteiger partial charge on any atom is -0.457 e. The van der Waals surface area contributed by atoms with Gasteiger partial charge >= 0.3 is 5.97 Å². The number of esters is 1. The van der Waals surface area contributed by atoms with E-state index in [-0.39, 0.29) is 19.2 Å². The molecule has 1 heterocycles. The van der Waals surface area contributed by atoms with E-state index in [1.54, 1.807) is 0 Å². The van der Waals surface area contributed by atoms with Gasteiger partial charge in [-0.2, -0.15) is 0 Å². The van der Waals surface area contributed by atoms with Gasteiger partial charge in [0.25, 0.3) is 0 Å². The van der Waals surface area contributed by atoms with Crippen molar-refractivity contribution in [3.8, 4) is 0 Å². The second kappa shape index (κ2) is 46.5. The van der Waals surface area contributed by atoms with Gasteiger partial charge in [0.1, 0.15) is 30.5 Å². The third-order valence-electron chi connectivity index (χ3n) is 12.5. The van der Waals surface area contributed by atoms with Gasteiger partial charge in [-0.3, -0.25) is 4.79 Å².